The first-order chi connectivity index (χ1) is 12.0. The minimum atomic E-state index is -1.30. The molecule has 4 nitrogen and oxygen atoms in total. The van der Waals surface area contributed by atoms with Crippen molar-refractivity contribution in [2.75, 3.05) is 0 Å². The molecule has 0 saturated heterocycles. The lowest BCUT2D eigenvalue weighted by Gasteiger charge is -2.20. The Bertz CT molecular complexity index is 617. The maximum atomic E-state index is 12.0. The molecule has 0 aliphatic rings. The number of carboxylic acids is 1. The molecule has 138 valence electrons. The van der Waals surface area contributed by atoms with Crippen LogP contribution >= 0.6 is 0 Å². The molecule has 0 aliphatic heterocycles. The molecule has 0 saturated carbocycles. The Morgan fingerprint density at radius 3 is 1.68 bits per heavy atom. The van der Waals surface area contributed by atoms with Gasteiger partial charge in [0.25, 0.3) is 0 Å². The summed E-state index contributed by atoms with van der Waals surface area (Å²) in [5.41, 5.74) is -1.30. The van der Waals surface area contributed by atoms with Crippen molar-refractivity contribution in [2.24, 2.45) is 0 Å². The summed E-state index contributed by atoms with van der Waals surface area (Å²) in [6.45, 7) is 5.97. The second kappa shape index (κ2) is 8.93. The largest absolute Gasteiger partial charge is 0.480 e. The summed E-state index contributed by atoms with van der Waals surface area (Å²) in [6, 6.07) is 7.32. The van der Waals surface area contributed by atoms with Crippen molar-refractivity contribution in [3.8, 4) is 0 Å². The van der Waals surface area contributed by atoms with Gasteiger partial charge in [0, 0.05) is 12.8 Å². The normalized spacial score (nSPS) is 11.8. The second-order valence-electron chi connectivity index (χ2n) is 6.88. The molecule has 0 aliphatic carbocycles. The first-order valence-electron chi connectivity index (χ1n) is 9.44. The number of carboxylic acid groups (broad SMARTS) is 1. The standard InChI is InChI=1S/C21H30O4/c1-4-6-8-10-16-12-14-18(24-16)21(3,20(22)23)19-15-13-17(25-19)11-9-7-5-2/h12-15H,4-11H2,1-3H3,(H,22,23). The number of furan rings is 2. The van der Waals surface area contributed by atoms with E-state index in [-0.39, 0.29) is 0 Å². The van der Waals surface area contributed by atoms with Crippen LogP contribution in [0, 0.1) is 0 Å². The molecular formula is C21H30O4. The zero-order valence-corrected chi connectivity index (χ0v) is 15.6. The van der Waals surface area contributed by atoms with Crippen LogP contribution in [0.2, 0.25) is 0 Å². The van der Waals surface area contributed by atoms with E-state index in [0.29, 0.717) is 11.5 Å². The van der Waals surface area contributed by atoms with Crippen molar-refractivity contribution in [3.63, 3.8) is 0 Å². The summed E-state index contributed by atoms with van der Waals surface area (Å²) >= 11 is 0. The number of hydrogen-bond donors (Lipinski definition) is 1. The average molecular weight is 346 g/mol. The molecule has 0 aromatic carbocycles. The Balaban J connectivity index is 2.19. The predicted octanol–water partition coefficient (Wildman–Crippen LogP) is 5.73. The van der Waals surface area contributed by atoms with Crippen molar-refractivity contribution < 1.29 is 18.7 Å². The quantitative estimate of drug-likeness (QED) is 0.528. The minimum Gasteiger partial charge on any atom is -0.480 e. The maximum absolute atomic E-state index is 12.0. The number of unbranched alkanes of at least 4 members (excludes halogenated alkanes) is 4. The van der Waals surface area contributed by atoms with Crippen molar-refractivity contribution in [3.05, 3.63) is 47.3 Å². The molecule has 1 N–H and O–H groups in total. The van der Waals surface area contributed by atoms with Crippen molar-refractivity contribution >= 4 is 5.97 Å². The summed E-state index contributed by atoms with van der Waals surface area (Å²) in [5.74, 6) is 1.58. The third-order valence-electron chi connectivity index (χ3n) is 4.79. The highest BCUT2D eigenvalue weighted by atomic mass is 16.4. The van der Waals surface area contributed by atoms with Crippen LogP contribution in [-0.2, 0) is 23.1 Å². The molecule has 0 bridgehead atoms. The molecule has 0 atom stereocenters. The average Bonchev–Trinajstić information content (AvgIpc) is 3.24. The van der Waals surface area contributed by atoms with Crippen LogP contribution in [0.5, 0.6) is 0 Å². The molecular weight excluding hydrogens is 316 g/mol. The molecule has 0 amide bonds. The summed E-state index contributed by atoms with van der Waals surface area (Å²) in [4.78, 5) is 12.0. The minimum absolute atomic E-state index is 0.431. The van der Waals surface area contributed by atoms with Gasteiger partial charge >= 0.3 is 5.97 Å². The molecule has 0 spiro atoms. The van der Waals surface area contributed by atoms with Gasteiger partial charge in [0.15, 0.2) is 5.41 Å². The Kier molecular flexibility index (Phi) is 6.91. The lowest BCUT2D eigenvalue weighted by atomic mass is 9.85. The highest BCUT2D eigenvalue weighted by Gasteiger charge is 2.43. The first-order valence-corrected chi connectivity index (χ1v) is 9.44. The second-order valence-corrected chi connectivity index (χ2v) is 6.88. The zero-order chi connectivity index (χ0) is 18.3. The topological polar surface area (TPSA) is 63.6 Å². The van der Waals surface area contributed by atoms with Crippen molar-refractivity contribution in [2.45, 2.75) is 77.6 Å². The number of hydrogen-bond acceptors (Lipinski definition) is 3. The van der Waals surface area contributed by atoms with Gasteiger partial charge in [0.2, 0.25) is 0 Å². The Morgan fingerprint density at radius 2 is 1.32 bits per heavy atom. The summed E-state index contributed by atoms with van der Waals surface area (Å²) in [5, 5.41) is 9.87. The highest BCUT2D eigenvalue weighted by Crippen LogP contribution is 2.35. The van der Waals surface area contributed by atoms with E-state index in [1.165, 1.54) is 0 Å². The molecule has 0 fully saturated rings. The van der Waals surface area contributed by atoms with Crippen LogP contribution < -0.4 is 0 Å². The highest BCUT2D eigenvalue weighted by molar-refractivity contribution is 5.83. The van der Waals surface area contributed by atoms with Gasteiger partial charge in [-0.05, 0) is 44.0 Å². The molecule has 2 rings (SSSR count). The smallest absolute Gasteiger partial charge is 0.324 e. The molecule has 4 heteroatoms. The fourth-order valence-electron chi connectivity index (χ4n) is 2.99. The van der Waals surface area contributed by atoms with E-state index in [1.54, 1.807) is 19.1 Å². The summed E-state index contributed by atoms with van der Waals surface area (Å²) < 4.78 is 11.8. The summed E-state index contributed by atoms with van der Waals surface area (Å²) in [7, 11) is 0. The molecule has 2 heterocycles. The number of rotatable bonds is 11. The zero-order valence-electron chi connectivity index (χ0n) is 15.6. The van der Waals surface area contributed by atoms with Crippen LogP contribution in [0.3, 0.4) is 0 Å². The van der Waals surface area contributed by atoms with Gasteiger partial charge in [0.1, 0.15) is 23.0 Å². The Hall–Kier alpha value is -1.97. The fourth-order valence-corrected chi connectivity index (χ4v) is 2.99. The van der Waals surface area contributed by atoms with Gasteiger partial charge in [-0.25, -0.2) is 0 Å². The van der Waals surface area contributed by atoms with E-state index >= 15 is 0 Å². The van der Waals surface area contributed by atoms with E-state index in [0.717, 1.165) is 62.9 Å². The van der Waals surface area contributed by atoms with E-state index in [2.05, 4.69) is 13.8 Å². The number of aryl methyl sites for hydroxylation is 2. The van der Waals surface area contributed by atoms with E-state index < -0.39 is 11.4 Å². The fraction of sp³-hybridized carbons (Fsp3) is 0.571. The summed E-state index contributed by atoms with van der Waals surface area (Å²) in [6.07, 6.45) is 8.36. The van der Waals surface area contributed by atoms with Crippen LogP contribution in [0.1, 0.15) is 82.3 Å². The van der Waals surface area contributed by atoms with E-state index in [9.17, 15) is 9.90 Å². The predicted molar refractivity (Wildman–Crippen MR) is 98.0 cm³/mol. The number of carbonyl (C=O) groups is 1. The lowest BCUT2D eigenvalue weighted by molar-refractivity contribution is -0.142. The van der Waals surface area contributed by atoms with Crippen LogP contribution in [0.25, 0.3) is 0 Å². The third-order valence-corrected chi connectivity index (χ3v) is 4.79. The molecule has 25 heavy (non-hydrogen) atoms. The van der Waals surface area contributed by atoms with E-state index in [1.807, 2.05) is 12.1 Å². The molecule has 0 unspecified atom stereocenters. The Morgan fingerprint density at radius 1 is 0.880 bits per heavy atom. The monoisotopic (exact) mass is 346 g/mol. The van der Waals surface area contributed by atoms with Crippen LogP contribution in [-0.4, -0.2) is 11.1 Å². The van der Waals surface area contributed by atoms with Gasteiger partial charge in [-0.1, -0.05) is 39.5 Å². The molecule has 2 aromatic rings. The van der Waals surface area contributed by atoms with Crippen molar-refractivity contribution in [1.29, 1.82) is 0 Å². The van der Waals surface area contributed by atoms with Gasteiger partial charge in [0.05, 0.1) is 0 Å². The van der Waals surface area contributed by atoms with Crippen molar-refractivity contribution in [1.82, 2.24) is 0 Å². The number of aliphatic carboxylic acids is 1. The lowest BCUT2D eigenvalue weighted by Crippen LogP contribution is -2.32. The first kappa shape index (κ1) is 19.4. The molecule has 2 aromatic heterocycles. The van der Waals surface area contributed by atoms with Crippen LogP contribution in [0.4, 0.5) is 0 Å². The van der Waals surface area contributed by atoms with Gasteiger partial charge in [-0.3, -0.25) is 4.79 Å². The maximum Gasteiger partial charge on any atom is 0.324 e. The van der Waals surface area contributed by atoms with Gasteiger partial charge in [-0.15, -0.1) is 0 Å². The molecule has 0 radical (unpaired) electrons. The van der Waals surface area contributed by atoms with Gasteiger partial charge in [-0.2, -0.15) is 0 Å². The SMILES string of the molecule is CCCCCc1ccc(C(C)(C(=O)O)c2ccc(CCCCC)o2)o1. The van der Waals surface area contributed by atoms with Crippen LogP contribution in [0.15, 0.2) is 33.1 Å². The third kappa shape index (κ3) is 4.56. The van der Waals surface area contributed by atoms with E-state index in [4.69, 9.17) is 8.83 Å². The van der Waals surface area contributed by atoms with Gasteiger partial charge < -0.3 is 13.9 Å². The Labute approximate surface area is 150 Å².